The number of hydrogen-bond acceptors (Lipinski definition) is 6. The highest BCUT2D eigenvalue weighted by Crippen LogP contribution is 2.35. The minimum atomic E-state index is -2.93. The summed E-state index contributed by atoms with van der Waals surface area (Å²) in [4.78, 5) is 16.5. The maximum atomic E-state index is 12.4. The van der Waals surface area contributed by atoms with Crippen LogP contribution in [0, 0.1) is 10.1 Å². The number of nitro groups is 1. The first-order valence-electron chi connectivity index (χ1n) is 7.96. The number of aromatic nitrogens is 1. The van der Waals surface area contributed by atoms with E-state index in [1.165, 1.54) is 25.4 Å². The van der Waals surface area contributed by atoms with Gasteiger partial charge in [-0.3, -0.25) is 10.1 Å². The van der Waals surface area contributed by atoms with Gasteiger partial charge in [0.1, 0.15) is 12.0 Å². The highest BCUT2D eigenvalue weighted by molar-refractivity contribution is 5.48. The van der Waals surface area contributed by atoms with Gasteiger partial charge in [-0.15, -0.1) is 0 Å². The van der Waals surface area contributed by atoms with Gasteiger partial charge >= 0.3 is 6.61 Å². The van der Waals surface area contributed by atoms with Crippen LogP contribution in [-0.4, -0.2) is 29.7 Å². The van der Waals surface area contributed by atoms with E-state index < -0.39 is 11.5 Å². The van der Waals surface area contributed by atoms with E-state index in [2.05, 4.69) is 9.72 Å². The van der Waals surface area contributed by atoms with Gasteiger partial charge in [-0.1, -0.05) is 6.07 Å². The fourth-order valence-electron chi connectivity index (χ4n) is 2.64. The van der Waals surface area contributed by atoms with Gasteiger partial charge in [-0.05, 0) is 36.6 Å². The van der Waals surface area contributed by atoms with Gasteiger partial charge < -0.3 is 14.4 Å². The molecule has 0 saturated heterocycles. The Morgan fingerprint density at radius 1 is 1.31 bits per heavy atom. The Kier molecular flexibility index (Phi) is 5.15. The summed E-state index contributed by atoms with van der Waals surface area (Å²) in [5, 5.41) is 10.8. The summed E-state index contributed by atoms with van der Waals surface area (Å²) < 4.78 is 34.4. The first-order valence-corrected chi connectivity index (χ1v) is 7.96. The van der Waals surface area contributed by atoms with Gasteiger partial charge in [0, 0.05) is 18.7 Å². The molecular formula is C17H17F2N3O4. The lowest BCUT2D eigenvalue weighted by atomic mass is 10.2. The molecule has 1 saturated carbocycles. The van der Waals surface area contributed by atoms with E-state index in [1.807, 2.05) is 4.90 Å². The van der Waals surface area contributed by atoms with E-state index in [1.54, 1.807) is 18.2 Å². The number of ether oxygens (including phenoxy) is 2. The molecule has 1 aromatic heterocycles. The Morgan fingerprint density at radius 3 is 2.62 bits per heavy atom. The molecule has 0 amide bonds. The van der Waals surface area contributed by atoms with Crippen LogP contribution in [0.3, 0.4) is 0 Å². The minimum absolute atomic E-state index is 0.0299. The molecule has 7 nitrogen and oxygen atoms in total. The Morgan fingerprint density at radius 2 is 2.08 bits per heavy atom. The van der Waals surface area contributed by atoms with Gasteiger partial charge in [-0.2, -0.15) is 8.78 Å². The SMILES string of the molecule is COc1cc(CN(c2ccc([N+](=O)[O-])cn2)C2CC2)ccc1OC(F)F. The molecule has 0 aliphatic heterocycles. The van der Waals surface area contributed by atoms with Crippen LogP contribution in [0.1, 0.15) is 18.4 Å². The predicted octanol–water partition coefficient (Wildman–Crippen LogP) is 3.77. The molecule has 0 spiro atoms. The maximum absolute atomic E-state index is 12.4. The fraction of sp³-hybridized carbons (Fsp3) is 0.353. The van der Waals surface area contributed by atoms with Crippen LogP contribution in [0.15, 0.2) is 36.5 Å². The van der Waals surface area contributed by atoms with Crippen LogP contribution in [0.2, 0.25) is 0 Å². The third kappa shape index (κ3) is 4.16. The van der Waals surface area contributed by atoms with E-state index in [0.29, 0.717) is 18.4 Å². The molecule has 0 radical (unpaired) electrons. The second kappa shape index (κ2) is 7.51. The van der Waals surface area contributed by atoms with Gasteiger partial charge in [0.2, 0.25) is 0 Å². The standard InChI is InChI=1S/C17H17F2N3O4/c1-25-15-8-11(2-6-14(15)26-17(18)19)10-21(12-3-4-12)16-7-5-13(9-20-16)22(23)24/h2,5-9,12,17H,3-4,10H2,1H3. The molecule has 1 heterocycles. The lowest BCUT2D eigenvalue weighted by molar-refractivity contribution is -0.385. The lowest BCUT2D eigenvalue weighted by Gasteiger charge is -2.24. The second-order valence-electron chi connectivity index (χ2n) is 5.85. The van der Waals surface area contributed by atoms with Crippen LogP contribution >= 0.6 is 0 Å². The molecule has 1 aliphatic carbocycles. The van der Waals surface area contributed by atoms with Crippen LogP contribution in [-0.2, 0) is 6.54 Å². The van der Waals surface area contributed by atoms with Crippen molar-refractivity contribution in [3.63, 3.8) is 0 Å². The molecule has 1 aromatic carbocycles. The number of rotatable bonds is 8. The quantitative estimate of drug-likeness (QED) is 0.523. The molecule has 0 atom stereocenters. The van der Waals surface area contributed by atoms with Crippen molar-refractivity contribution in [1.82, 2.24) is 4.98 Å². The van der Waals surface area contributed by atoms with Gasteiger partial charge in [-0.25, -0.2) is 4.98 Å². The number of benzene rings is 1. The fourth-order valence-corrected chi connectivity index (χ4v) is 2.64. The molecule has 0 unspecified atom stereocenters. The molecule has 0 N–H and O–H groups in total. The second-order valence-corrected chi connectivity index (χ2v) is 5.85. The maximum Gasteiger partial charge on any atom is 0.387 e. The minimum Gasteiger partial charge on any atom is -0.493 e. The van der Waals surface area contributed by atoms with Crippen molar-refractivity contribution in [3.8, 4) is 11.5 Å². The van der Waals surface area contributed by atoms with E-state index in [4.69, 9.17) is 4.74 Å². The Bertz CT molecular complexity index is 782. The topological polar surface area (TPSA) is 77.7 Å². The summed E-state index contributed by atoms with van der Waals surface area (Å²) in [5.74, 6) is 0.817. The molecule has 138 valence electrons. The van der Waals surface area contributed by atoms with Gasteiger partial charge in [0.05, 0.1) is 12.0 Å². The summed E-state index contributed by atoms with van der Waals surface area (Å²) in [6.07, 6.45) is 3.23. The Labute approximate surface area is 148 Å². The smallest absolute Gasteiger partial charge is 0.387 e. The zero-order chi connectivity index (χ0) is 18.7. The number of nitrogens with zero attached hydrogens (tertiary/aromatic N) is 3. The third-order valence-corrected chi connectivity index (χ3v) is 4.02. The molecule has 3 rings (SSSR count). The zero-order valence-corrected chi connectivity index (χ0v) is 14.0. The van der Waals surface area contributed by atoms with Crippen molar-refractivity contribution in [2.45, 2.75) is 32.0 Å². The molecule has 2 aromatic rings. The molecule has 1 aliphatic rings. The summed E-state index contributed by atoms with van der Waals surface area (Å²) in [6.45, 7) is -2.46. The van der Waals surface area contributed by atoms with Gasteiger partial charge in [0.15, 0.2) is 11.5 Å². The summed E-state index contributed by atoms with van der Waals surface area (Å²) >= 11 is 0. The third-order valence-electron chi connectivity index (χ3n) is 4.02. The predicted molar refractivity (Wildman–Crippen MR) is 89.7 cm³/mol. The highest BCUT2D eigenvalue weighted by atomic mass is 19.3. The normalized spacial score (nSPS) is 13.5. The highest BCUT2D eigenvalue weighted by Gasteiger charge is 2.30. The van der Waals surface area contributed by atoms with E-state index in [9.17, 15) is 18.9 Å². The number of methoxy groups -OCH3 is 1. The molecule has 0 bridgehead atoms. The number of halogens is 2. The number of alkyl halides is 2. The number of pyridine rings is 1. The number of anilines is 1. The average Bonchev–Trinajstić information content (AvgIpc) is 3.45. The van der Waals surface area contributed by atoms with Crippen molar-refractivity contribution in [2.75, 3.05) is 12.0 Å². The van der Waals surface area contributed by atoms with Crippen molar-refractivity contribution in [1.29, 1.82) is 0 Å². The number of hydrogen-bond donors (Lipinski definition) is 0. The van der Waals surface area contributed by atoms with Crippen LogP contribution in [0.4, 0.5) is 20.3 Å². The van der Waals surface area contributed by atoms with Crippen LogP contribution in [0.5, 0.6) is 11.5 Å². The van der Waals surface area contributed by atoms with Crippen molar-refractivity contribution in [2.24, 2.45) is 0 Å². The van der Waals surface area contributed by atoms with E-state index >= 15 is 0 Å². The molecular weight excluding hydrogens is 348 g/mol. The van der Waals surface area contributed by atoms with Crippen molar-refractivity contribution >= 4 is 11.5 Å². The van der Waals surface area contributed by atoms with Crippen LogP contribution < -0.4 is 14.4 Å². The first kappa shape index (κ1) is 17.8. The summed E-state index contributed by atoms with van der Waals surface area (Å²) in [6, 6.07) is 8.08. The molecule has 1 fully saturated rings. The lowest BCUT2D eigenvalue weighted by Crippen LogP contribution is -2.26. The monoisotopic (exact) mass is 365 g/mol. The molecule has 26 heavy (non-hydrogen) atoms. The Balaban J connectivity index is 1.81. The summed E-state index contributed by atoms with van der Waals surface area (Å²) in [7, 11) is 1.38. The first-order chi connectivity index (χ1) is 12.5. The Hall–Kier alpha value is -2.97. The average molecular weight is 365 g/mol. The van der Waals surface area contributed by atoms with Crippen molar-refractivity contribution in [3.05, 3.63) is 52.2 Å². The summed E-state index contributed by atoms with van der Waals surface area (Å²) in [5.41, 5.74) is 0.759. The molecule has 9 heteroatoms. The van der Waals surface area contributed by atoms with E-state index in [0.717, 1.165) is 18.4 Å². The van der Waals surface area contributed by atoms with Crippen molar-refractivity contribution < 1.29 is 23.2 Å². The van der Waals surface area contributed by atoms with E-state index in [-0.39, 0.29) is 17.2 Å². The van der Waals surface area contributed by atoms with Crippen LogP contribution in [0.25, 0.3) is 0 Å². The zero-order valence-electron chi connectivity index (χ0n) is 14.0. The van der Waals surface area contributed by atoms with Gasteiger partial charge in [0.25, 0.3) is 5.69 Å². The largest absolute Gasteiger partial charge is 0.493 e.